The molecule has 3 heterocycles. The maximum absolute atomic E-state index is 4.31. The van der Waals surface area contributed by atoms with Gasteiger partial charge in [-0.25, -0.2) is 9.97 Å². The summed E-state index contributed by atoms with van der Waals surface area (Å²) in [6.45, 7) is 8.41. The number of hydrogen-bond donors (Lipinski definition) is 3. The smallest absolute Gasteiger partial charge is 0.191 e. The van der Waals surface area contributed by atoms with E-state index in [9.17, 15) is 0 Å². The Morgan fingerprint density at radius 1 is 1.18 bits per heavy atom. The van der Waals surface area contributed by atoms with E-state index in [-0.39, 0.29) is 0 Å². The maximum Gasteiger partial charge on any atom is 0.191 e. The Labute approximate surface area is 167 Å². The zero-order chi connectivity index (χ0) is 19.8. The van der Waals surface area contributed by atoms with Crippen LogP contribution in [0, 0.1) is 5.92 Å². The Balaban J connectivity index is 1.32. The first-order valence-electron chi connectivity index (χ1n) is 10.2. The van der Waals surface area contributed by atoms with Gasteiger partial charge in [-0.05, 0) is 44.8 Å². The van der Waals surface area contributed by atoms with Gasteiger partial charge in [0, 0.05) is 33.7 Å². The summed E-state index contributed by atoms with van der Waals surface area (Å²) in [6, 6.07) is 0. The molecule has 1 saturated heterocycles. The van der Waals surface area contributed by atoms with Gasteiger partial charge in [-0.2, -0.15) is 5.10 Å². The van der Waals surface area contributed by atoms with E-state index in [2.05, 4.69) is 47.8 Å². The minimum absolute atomic E-state index is 0.730. The Kier molecular flexibility index (Phi) is 7.41. The number of aliphatic imine (C=N–C) groups is 1. The van der Waals surface area contributed by atoms with Crippen molar-refractivity contribution in [3.63, 3.8) is 0 Å². The van der Waals surface area contributed by atoms with Gasteiger partial charge in [0.2, 0.25) is 0 Å². The molecule has 9 nitrogen and oxygen atoms in total. The number of rotatable bonds is 8. The van der Waals surface area contributed by atoms with Gasteiger partial charge in [0.1, 0.15) is 12.1 Å². The second-order valence-electron chi connectivity index (χ2n) is 7.46. The molecule has 3 N–H and O–H groups in total. The molecule has 0 radical (unpaired) electrons. The molecule has 0 bridgehead atoms. The molecule has 2 aromatic rings. The van der Waals surface area contributed by atoms with E-state index < -0.39 is 0 Å². The second-order valence-corrected chi connectivity index (χ2v) is 7.46. The highest BCUT2D eigenvalue weighted by Gasteiger charge is 2.14. The summed E-state index contributed by atoms with van der Waals surface area (Å²) in [5, 5.41) is 15.2. The van der Waals surface area contributed by atoms with Crippen molar-refractivity contribution in [2.45, 2.75) is 26.2 Å². The molecule has 28 heavy (non-hydrogen) atoms. The number of nitrogens with zero attached hydrogens (tertiary/aromatic N) is 6. The van der Waals surface area contributed by atoms with E-state index in [1.807, 2.05) is 7.05 Å². The highest BCUT2D eigenvalue weighted by atomic mass is 15.3. The van der Waals surface area contributed by atoms with Crippen LogP contribution in [0.2, 0.25) is 0 Å². The molecule has 0 aromatic carbocycles. The van der Waals surface area contributed by atoms with Crippen molar-refractivity contribution in [1.82, 2.24) is 35.3 Å². The van der Waals surface area contributed by atoms with Crippen molar-refractivity contribution in [1.29, 1.82) is 0 Å². The minimum Gasteiger partial charge on any atom is -0.368 e. The zero-order valence-electron chi connectivity index (χ0n) is 17.3. The van der Waals surface area contributed by atoms with Crippen LogP contribution in [0.4, 0.5) is 5.82 Å². The molecule has 0 spiro atoms. The third-order valence-corrected chi connectivity index (χ3v) is 5.28. The molecule has 0 atom stereocenters. The van der Waals surface area contributed by atoms with Crippen LogP contribution in [0.3, 0.4) is 0 Å². The van der Waals surface area contributed by atoms with Gasteiger partial charge in [0.05, 0.1) is 11.6 Å². The fraction of sp³-hybridized carbons (Fsp3) is 0.684. The van der Waals surface area contributed by atoms with Gasteiger partial charge in [-0.3, -0.25) is 9.67 Å². The van der Waals surface area contributed by atoms with Crippen molar-refractivity contribution in [2.24, 2.45) is 18.0 Å². The van der Waals surface area contributed by atoms with Gasteiger partial charge in [-0.15, -0.1) is 0 Å². The number of aromatic nitrogens is 4. The van der Waals surface area contributed by atoms with E-state index in [1.165, 1.54) is 25.9 Å². The fourth-order valence-corrected chi connectivity index (χ4v) is 3.48. The van der Waals surface area contributed by atoms with Gasteiger partial charge in [0.25, 0.3) is 0 Å². The molecule has 0 amide bonds. The lowest BCUT2D eigenvalue weighted by Gasteiger charge is -2.30. The van der Waals surface area contributed by atoms with Crippen LogP contribution >= 0.6 is 0 Å². The Bertz CT molecular complexity index is 762. The highest BCUT2D eigenvalue weighted by Crippen LogP contribution is 2.17. The first-order chi connectivity index (χ1) is 13.7. The molecule has 1 fully saturated rings. The second kappa shape index (κ2) is 10.2. The molecular formula is C19H33N9. The third kappa shape index (κ3) is 5.54. The van der Waals surface area contributed by atoms with E-state index in [1.54, 1.807) is 24.3 Å². The molecule has 1 aliphatic heterocycles. The molecule has 0 saturated carbocycles. The van der Waals surface area contributed by atoms with Crippen LogP contribution < -0.4 is 16.0 Å². The summed E-state index contributed by atoms with van der Waals surface area (Å²) in [5.74, 6) is 2.53. The van der Waals surface area contributed by atoms with Crippen molar-refractivity contribution in [3.05, 3.63) is 12.5 Å². The standard InChI is InChI=1S/C19H33N9/c1-15-5-11-28(12-6-15)10-4-7-22-19(20-2)23-9-8-21-17-16-13-26-27(3)18(16)25-14-24-17/h13-15H,4-12H2,1-3H3,(H2,20,22,23)(H,21,24,25). The monoisotopic (exact) mass is 387 g/mol. The molecule has 0 aliphatic carbocycles. The van der Waals surface area contributed by atoms with Gasteiger partial charge >= 0.3 is 0 Å². The molecular weight excluding hydrogens is 354 g/mol. The average Bonchev–Trinajstić information content (AvgIpc) is 3.10. The van der Waals surface area contributed by atoms with Crippen LogP contribution in [0.15, 0.2) is 17.5 Å². The predicted molar refractivity (Wildman–Crippen MR) is 114 cm³/mol. The van der Waals surface area contributed by atoms with E-state index >= 15 is 0 Å². The topological polar surface area (TPSA) is 95.3 Å². The number of fused-ring (bicyclic) bond motifs is 1. The molecule has 2 aromatic heterocycles. The Morgan fingerprint density at radius 2 is 1.96 bits per heavy atom. The van der Waals surface area contributed by atoms with Gasteiger partial charge < -0.3 is 20.9 Å². The van der Waals surface area contributed by atoms with Crippen LogP contribution in [-0.2, 0) is 7.05 Å². The normalized spacial score (nSPS) is 16.5. The molecule has 154 valence electrons. The van der Waals surface area contributed by atoms with Crippen molar-refractivity contribution in [2.75, 3.05) is 51.6 Å². The molecule has 1 aliphatic rings. The summed E-state index contributed by atoms with van der Waals surface area (Å²) in [6.07, 6.45) is 7.15. The summed E-state index contributed by atoms with van der Waals surface area (Å²) in [5.41, 5.74) is 0.825. The number of likely N-dealkylation sites (tertiary alicyclic amines) is 1. The maximum atomic E-state index is 4.31. The summed E-state index contributed by atoms with van der Waals surface area (Å²) in [4.78, 5) is 15.4. The minimum atomic E-state index is 0.730. The SMILES string of the molecule is CN=C(NCCCN1CCC(C)CC1)NCCNc1ncnc2c1cnn2C. The van der Waals surface area contributed by atoms with Crippen LogP contribution in [0.5, 0.6) is 0 Å². The van der Waals surface area contributed by atoms with Crippen LogP contribution in [-0.4, -0.2) is 76.9 Å². The van der Waals surface area contributed by atoms with Crippen LogP contribution in [0.1, 0.15) is 26.2 Å². The molecule has 3 rings (SSSR count). The third-order valence-electron chi connectivity index (χ3n) is 5.28. The van der Waals surface area contributed by atoms with Crippen LogP contribution in [0.25, 0.3) is 11.0 Å². The van der Waals surface area contributed by atoms with E-state index in [0.717, 1.165) is 61.3 Å². The highest BCUT2D eigenvalue weighted by molar-refractivity contribution is 5.86. The first-order valence-corrected chi connectivity index (χ1v) is 10.2. The summed E-state index contributed by atoms with van der Waals surface area (Å²) >= 11 is 0. The number of hydrogen-bond acceptors (Lipinski definition) is 6. The van der Waals surface area contributed by atoms with Crippen molar-refractivity contribution >= 4 is 22.8 Å². The summed E-state index contributed by atoms with van der Waals surface area (Å²) < 4.78 is 1.75. The van der Waals surface area contributed by atoms with Crippen molar-refractivity contribution < 1.29 is 0 Å². The Hall–Kier alpha value is -2.42. The number of piperidine rings is 1. The number of guanidine groups is 1. The number of aryl methyl sites for hydroxylation is 1. The number of anilines is 1. The summed E-state index contributed by atoms with van der Waals surface area (Å²) in [7, 11) is 3.68. The Morgan fingerprint density at radius 3 is 2.75 bits per heavy atom. The van der Waals surface area contributed by atoms with Gasteiger partial charge in [-0.1, -0.05) is 6.92 Å². The number of nitrogens with one attached hydrogen (secondary N) is 3. The lowest BCUT2D eigenvalue weighted by atomic mass is 9.99. The lowest BCUT2D eigenvalue weighted by Crippen LogP contribution is -2.41. The molecule has 9 heteroatoms. The van der Waals surface area contributed by atoms with Crippen molar-refractivity contribution in [3.8, 4) is 0 Å². The fourth-order valence-electron chi connectivity index (χ4n) is 3.48. The average molecular weight is 388 g/mol. The van der Waals surface area contributed by atoms with Gasteiger partial charge in [0.15, 0.2) is 11.6 Å². The predicted octanol–water partition coefficient (Wildman–Crippen LogP) is 1.06. The molecule has 0 unspecified atom stereocenters. The van der Waals surface area contributed by atoms with E-state index in [4.69, 9.17) is 0 Å². The zero-order valence-corrected chi connectivity index (χ0v) is 17.3. The lowest BCUT2D eigenvalue weighted by molar-refractivity contribution is 0.191. The largest absolute Gasteiger partial charge is 0.368 e. The quantitative estimate of drug-likeness (QED) is 0.354. The van der Waals surface area contributed by atoms with E-state index in [0.29, 0.717) is 0 Å². The first kappa shape index (κ1) is 20.3.